The minimum Gasteiger partial charge on any atom is -0.372 e. The van der Waals surface area contributed by atoms with Gasteiger partial charge in [-0.25, -0.2) is 6.57 Å². The monoisotopic (exact) mass is 1310 g/mol. The van der Waals surface area contributed by atoms with E-state index in [9.17, 15) is 19.2 Å². The van der Waals surface area contributed by atoms with E-state index in [0.29, 0.717) is 104 Å². The van der Waals surface area contributed by atoms with E-state index in [4.69, 9.17) is 28.5 Å². The molecule has 0 unspecified atom stereocenters. The molecule has 20 nitrogen and oxygen atoms in total. The summed E-state index contributed by atoms with van der Waals surface area (Å²) in [4.78, 5) is 56.2. The van der Waals surface area contributed by atoms with Gasteiger partial charge in [0, 0.05) is 75.5 Å². The molecule has 0 bridgehead atoms. The molecule has 0 aliphatic carbocycles. The van der Waals surface area contributed by atoms with Crippen molar-refractivity contribution in [2.45, 2.75) is 134 Å². The third-order valence-corrected chi connectivity index (χ3v) is 19.0. The average Bonchev–Trinajstić information content (AvgIpc) is 1.69. The number of amides is 4. The van der Waals surface area contributed by atoms with Crippen LogP contribution in [0, 0.1) is 80.7 Å². The van der Waals surface area contributed by atoms with Crippen LogP contribution in [0.1, 0.15) is 164 Å². The minimum absolute atomic E-state index is 0.0479. The first-order valence-electron chi connectivity index (χ1n) is 33.2. The van der Waals surface area contributed by atoms with Crippen molar-refractivity contribution in [1.82, 2.24) is 30.6 Å². The number of carbonyl (C=O) groups excluding carboxylic acids is 4. The fourth-order valence-corrected chi connectivity index (χ4v) is 12.6. The maximum absolute atomic E-state index is 12.3. The number of aromatic amines is 3. The van der Waals surface area contributed by atoms with Crippen LogP contribution in [-0.4, -0.2) is 87.1 Å². The van der Waals surface area contributed by atoms with E-state index in [1.165, 1.54) is 68.6 Å². The third-order valence-electron chi connectivity index (χ3n) is 19.0. The summed E-state index contributed by atoms with van der Waals surface area (Å²) >= 11 is 0. The summed E-state index contributed by atoms with van der Waals surface area (Å²) in [6, 6.07) is 37.0. The number of morpholine rings is 1. The summed E-state index contributed by atoms with van der Waals surface area (Å²) in [6.07, 6.45) is 4.06. The van der Waals surface area contributed by atoms with Gasteiger partial charge in [-0.3, -0.25) is 34.5 Å². The van der Waals surface area contributed by atoms with Crippen LogP contribution in [0.2, 0.25) is 0 Å². The predicted molar refractivity (Wildman–Crippen MR) is 386 cm³/mol. The van der Waals surface area contributed by atoms with Gasteiger partial charge in [-0.1, -0.05) is 98.8 Å². The molecule has 20 heteroatoms. The van der Waals surface area contributed by atoms with Crippen LogP contribution < -0.4 is 43.0 Å². The molecule has 4 amide bonds. The van der Waals surface area contributed by atoms with Crippen LogP contribution in [0.25, 0.3) is 4.85 Å². The highest BCUT2D eigenvalue weighted by atomic mass is 16.5. The molecule has 506 valence electrons. The number of aryl methyl sites for hydroxylation is 6. The Morgan fingerprint density at radius 2 is 0.845 bits per heavy atom. The Morgan fingerprint density at radius 1 is 0.515 bits per heavy atom. The molecular formula is C77H93N15O5. The molecule has 2 aliphatic rings. The molecule has 0 atom stereocenters. The van der Waals surface area contributed by atoms with Gasteiger partial charge < -0.3 is 52.5 Å². The standard InChI is InChI=1S/C29H39N5O.C25H29N5O3.C23H25N5O/c1-18(2)24-10-12-34(13-11-24)25-8-6-22(7-9-25)16-26-27(28(30)35)29(33-32-26)31-17-23-14-19(3)21(5)20(4)15-23;1-15-10-19(11-16(2)17(15)3)13-27-25-23(24(26)32)21(28-29-25)12-18-4-6-20(7-5-18)30-8-9-33-14-22(30)31;1-14-9-19(10-15(2)16(14)3)13-26-23-21(22(24)29)20(27-28-23)11-17-5-7-18(8-6-17)12-25-4/h6-9,14-15,18,24H,10-13,16-17H2,1-5H3,(H2,30,35)(H2,31,32,33);4-7,10-11H,8-9,12-14H2,1-3H3,(H2,26,32)(H2,27,28,29);5-10H,11-13H2,1-3H3,(H2,24,29)(H2,26,27,28). The Kier molecular flexibility index (Phi) is 23.6. The summed E-state index contributed by atoms with van der Waals surface area (Å²) in [5.74, 6) is 1.44. The number of aromatic nitrogens is 6. The molecule has 5 heterocycles. The van der Waals surface area contributed by atoms with Crippen molar-refractivity contribution in [2.75, 3.05) is 58.6 Å². The molecule has 0 radical (unpaired) electrons. The fraction of sp³-hybridized carbons (Fsp3) is 0.351. The zero-order valence-electron chi connectivity index (χ0n) is 57.9. The van der Waals surface area contributed by atoms with Crippen molar-refractivity contribution in [1.29, 1.82) is 0 Å². The van der Waals surface area contributed by atoms with Gasteiger partial charge in [-0.05, 0) is 195 Å². The first-order valence-corrected chi connectivity index (χ1v) is 33.2. The molecular weight excluding hydrogens is 1210 g/mol. The van der Waals surface area contributed by atoms with Crippen molar-refractivity contribution in [3.05, 3.63) is 243 Å². The number of benzene rings is 6. The number of nitrogens with two attached hydrogens (primary N) is 3. The van der Waals surface area contributed by atoms with Crippen molar-refractivity contribution >= 4 is 52.5 Å². The molecule has 12 N–H and O–H groups in total. The molecule has 2 aliphatic heterocycles. The van der Waals surface area contributed by atoms with Crippen LogP contribution in [0.3, 0.4) is 0 Å². The van der Waals surface area contributed by atoms with E-state index in [1.807, 2.05) is 48.5 Å². The Labute approximate surface area is 569 Å². The lowest BCUT2D eigenvalue weighted by Gasteiger charge is -2.35. The molecule has 2 saturated heterocycles. The SMILES string of the molecule is Cc1cc(CNc2n[nH]c(Cc3ccc(N4CCC(C(C)C)CC4)cc3)c2C(N)=O)cc(C)c1C.Cc1cc(CNc2n[nH]c(Cc3ccc(N4CCOCC4=O)cc3)c2C(N)=O)cc(C)c1C.[C-]#[N+]Cc1ccc(Cc2[nH]nc(NCc3cc(C)c(C)c(C)c3)c2C(N)=O)cc1. The normalized spacial score (nSPS) is 13.1. The highest BCUT2D eigenvalue weighted by Crippen LogP contribution is 2.31. The number of hydrogen-bond acceptors (Lipinski definition) is 12. The zero-order valence-corrected chi connectivity index (χ0v) is 57.9. The first-order chi connectivity index (χ1) is 46.4. The van der Waals surface area contributed by atoms with E-state index in [-0.39, 0.29) is 12.5 Å². The first kappa shape index (κ1) is 70.8. The lowest BCUT2D eigenvalue weighted by atomic mass is 9.86. The number of piperidine rings is 1. The van der Waals surface area contributed by atoms with Crippen LogP contribution in [0.4, 0.5) is 28.8 Å². The Balaban J connectivity index is 0.000000171. The van der Waals surface area contributed by atoms with Gasteiger partial charge >= 0.3 is 0 Å². The van der Waals surface area contributed by atoms with Gasteiger partial charge in [-0.15, -0.1) is 0 Å². The van der Waals surface area contributed by atoms with E-state index >= 15 is 0 Å². The summed E-state index contributed by atoms with van der Waals surface area (Å²) in [6.45, 7) is 36.0. The number of hydrogen-bond donors (Lipinski definition) is 9. The number of H-pyrrole nitrogens is 3. The van der Waals surface area contributed by atoms with Crippen LogP contribution in [0.15, 0.2) is 109 Å². The molecule has 97 heavy (non-hydrogen) atoms. The Hall–Kier alpha value is -10.5. The van der Waals surface area contributed by atoms with E-state index < -0.39 is 17.7 Å². The van der Waals surface area contributed by atoms with Crippen LogP contribution >= 0.6 is 0 Å². The number of nitrogens with one attached hydrogen (secondary N) is 6. The van der Waals surface area contributed by atoms with Gasteiger partial charge in [0.2, 0.25) is 6.54 Å². The van der Waals surface area contributed by atoms with Gasteiger partial charge in [0.05, 0.1) is 23.7 Å². The van der Waals surface area contributed by atoms with Gasteiger partial charge in [0.25, 0.3) is 23.6 Å². The number of anilines is 5. The summed E-state index contributed by atoms with van der Waals surface area (Å²) < 4.78 is 5.19. The van der Waals surface area contributed by atoms with Crippen molar-refractivity contribution < 1.29 is 23.9 Å². The lowest BCUT2D eigenvalue weighted by molar-refractivity contribution is -0.125. The van der Waals surface area contributed by atoms with Gasteiger partial charge in [0.1, 0.15) is 23.3 Å². The molecule has 0 saturated carbocycles. The summed E-state index contributed by atoms with van der Waals surface area (Å²) in [5.41, 5.74) is 41.2. The van der Waals surface area contributed by atoms with Crippen molar-refractivity contribution in [2.24, 2.45) is 29.0 Å². The summed E-state index contributed by atoms with van der Waals surface area (Å²) in [5, 5.41) is 31.7. The van der Waals surface area contributed by atoms with Crippen LogP contribution in [-0.2, 0) is 55.0 Å². The summed E-state index contributed by atoms with van der Waals surface area (Å²) in [7, 11) is 0. The fourth-order valence-electron chi connectivity index (χ4n) is 12.6. The Morgan fingerprint density at radius 3 is 1.16 bits per heavy atom. The number of primary amides is 3. The van der Waals surface area contributed by atoms with Crippen molar-refractivity contribution in [3.8, 4) is 0 Å². The topological polar surface area (TPSA) is 289 Å². The third kappa shape index (κ3) is 18.1. The van der Waals surface area contributed by atoms with E-state index in [0.717, 1.165) is 75.3 Å². The molecule has 6 aromatic carbocycles. The van der Waals surface area contributed by atoms with Crippen LogP contribution in [0.5, 0.6) is 0 Å². The maximum atomic E-state index is 12.3. The highest BCUT2D eigenvalue weighted by molar-refractivity contribution is 6.00. The number of carbonyl (C=O) groups is 4. The number of ether oxygens (including phenoxy) is 1. The Bertz CT molecular complexity index is 4230. The highest BCUT2D eigenvalue weighted by Gasteiger charge is 2.25. The van der Waals surface area contributed by atoms with E-state index in [2.05, 4.69) is 193 Å². The average molecular weight is 1310 g/mol. The zero-order chi connectivity index (χ0) is 69.6. The van der Waals surface area contributed by atoms with Crippen molar-refractivity contribution in [3.63, 3.8) is 0 Å². The number of nitrogens with zero attached hydrogens (tertiary/aromatic N) is 6. The number of rotatable bonds is 22. The molecule has 0 spiro atoms. The van der Waals surface area contributed by atoms with Gasteiger partial charge in [-0.2, -0.15) is 15.3 Å². The maximum Gasteiger partial charge on any atom is 0.254 e. The van der Waals surface area contributed by atoms with Gasteiger partial charge in [0.15, 0.2) is 17.5 Å². The quantitative estimate of drug-likeness (QED) is 0.0286. The molecule has 2 fully saturated rings. The largest absolute Gasteiger partial charge is 0.372 e. The van der Waals surface area contributed by atoms with E-state index in [1.54, 1.807) is 4.90 Å². The molecule has 9 aromatic rings. The second-order valence-corrected chi connectivity index (χ2v) is 26.2. The minimum atomic E-state index is -0.534. The lowest BCUT2D eigenvalue weighted by Crippen LogP contribution is -2.41. The second-order valence-electron chi connectivity index (χ2n) is 26.2. The predicted octanol–water partition coefficient (Wildman–Crippen LogP) is 12.6. The molecule has 3 aromatic heterocycles. The second kappa shape index (κ2) is 32.3. The molecule has 11 rings (SSSR count). The smallest absolute Gasteiger partial charge is 0.254 e.